The molecule has 0 saturated heterocycles. The van der Waals surface area contributed by atoms with E-state index in [1.54, 1.807) is 7.11 Å². The third kappa shape index (κ3) is 3.44. The maximum atomic E-state index is 5.11. The Hall–Kier alpha value is -1.61. The van der Waals surface area contributed by atoms with Gasteiger partial charge in [-0.05, 0) is 23.8 Å². The van der Waals surface area contributed by atoms with Crippen molar-refractivity contribution in [2.45, 2.75) is 6.54 Å². The molecule has 0 fully saturated rings. The average molecular weight is 304 g/mol. The summed E-state index contributed by atoms with van der Waals surface area (Å²) in [5, 5.41) is 0. The van der Waals surface area contributed by atoms with Gasteiger partial charge in [0.15, 0.2) is 0 Å². The zero-order chi connectivity index (χ0) is 12.8. The smallest absolute Gasteiger partial charge is 0.118 e. The Morgan fingerprint density at radius 2 is 1.83 bits per heavy atom. The summed E-state index contributed by atoms with van der Waals surface area (Å²) < 4.78 is 6.17. The number of nitrogens with zero attached hydrogens (tertiary/aromatic N) is 1. The average Bonchev–Trinajstić information content (AvgIpc) is 2.42. The molecular formula is C15H14BrNO. The van der Waals surface area contributed by atoms with Gasteiger partial charge in [0.25, 0.3) is 0 Å². The summed E-state index contributed by atoms with van der Waals surface area (Å²) in [7, 11) is 1.67. The van der Waals surface area contributed by atoms with Crippen molar-refractivity contribution in [3.05, 3.63) is 64.1 Å². The molecule has 18 heavy (non-hydrogen) atoms. The summed E-state index contributed by atoms with van der Waals surface area (Å²) in [5.74, 6) is 0.869. The Bertz CT molecular complexity index is 534. The van der Waals surface area contributed by atoms with E-state index in [1.807, 2.05) is 54.7 Å². The van der Waals surface area contributed by atoms with Crippen LogP contribution in [0.1, 0.15) is 11.1 Å². The van der Waals surface area contributed by atoms with Crippen molar-refractivity contribution in [3.8, 4) is 5.75 Å². The maximum Gasteiger partial charge on any atom is 0.118 e. The second-order valence-electron chi connectivity index (χ2n) is 3.84. The lowest BCUT2D eigenvalue weighted by molar-refractivity contribution is 0.414. The van der Waals surface area contributed by atoms with Gasteiger partial charge in [-0.2, -0.15) is 0 Å². The number of methoxy groups -OCH3 is 1. The van der Waals surface area contributed by atoms with Gasteiger partial charge in [-0.3, -0.25) is 4.99 Å². The van der Waals surface area contributed by atoms with E-state index in [9.17, 15) is 0 Å². The number of halogens is 1. The number of hydrogen-bond acceptors (Lipinski definition) is 2. The zero-order valence-electron chi connectivity index (χ0n) is 10.1. The summed E-state index contributed by atoms with van der Waals surface area (Å²) >= 11 is 3.49. The van der Waals surface area contributed by atoms with Crippen LogP contribution in [0.5, 0.6) is 5.75 Å². The van der Waals surface area contributed by atoms with Crippen LogP contribution >= 0.6 is 15.9 Å². The summed E-state index contributed by atoms with van der Waals surface area (Å²) in [4.78, 5) is 4.43. The quantitative estimate of drug-likeness (QED) is 0.780. The number of ether oxygens (including phenoxy) is 1. The van der Waals surface area contributed by atoms with Crippen molar-refractivity contribution in [1.29, 1.82) is 0 Å². The van der Waals surface area contributed by atoms with Gasteiger partial charge in [0.2, 0.25) is 0 Å². The third-order valence-corrected chi connectivity index (χ3v) is 3.29. The summed E-state index contributed by atoms with van der Waals surface area (Å²) in [6, 6.07) is 16.0. The molecule has 0 heterocycles. The standard InChI is InChI=1S/C15H14BrNO/c1-18-14-8-6-12(7-9-14)10-17-11-13-4-2-3-5-15(13)16/h2-9,11H,10H2,1H3. The lowest BCUT2D eigenvalue weighted by Crippen LogP contribution is -1.87. The molecule has 2 aromatic carbocycles. The highest BCUT2D eigenvalue weighted by Gasteiger charge is 1.95. The van der Waals surface area contributed by atoms with Crippen LogP contribution in [0.25, 0.3) is 0 Å². The second-order valence-corrected chi connectivity index (χ2v) is 4.69. The Balaban J connectivity index is 2.00. The molecule has 0 atom stereocenters. The monoisotopic (exact) mass is 303 g/mol. The molecule has 0 spiro atoms. The van der Waals surface area contributed by atoms with Crippen molar-refractivity contribution in [1.82, 2.24) is 0 Å². The predicted octanol–water partition coefficient (Wildman–Crippen LogP) is 4.08. The van der Waals surface area contributed by atoms with E-state index in [0.717, 1.165) is 15.8 Å². The van der Waals surface area contributed by atoms with E-state index >= 15 is 0 Å². The Labute approximate surface area is 115 Å². The largest absolute Gasteiger partial charge is 0.497 e. The first kappa shape index (κ1) is 12.8. The molecule has 92 valence electrons. The fraction of sp³-hybridized carbons (Fsp3) is 0.133. The molecule has 2 rings (SSSR count). The first-order valence-electron chi connectivity index (χ1n) is 5.67. The van der Waals surface area contributed by atoms with Gasteiger partial charge in [-0.15, -0.1) is 0 Å². The minimum absolute atomic E-state index is 0.672. The van der Waals surface area contributed by atoms with Crippen LogP contribution in [-0.2, 0) is 6.54 Å². The minimum atomic E-state index is 0.672. The molecule has 0 N–H and O–H groups in total. The molecule has 3 heteroatoms. The van der Waals surface area contributed by atoms with Crippen molar-refractivity contribution in [3.63, 3.8) is 0 Å². The molecule has 0 unspecified atom stereocenters. The van der Waals surface area contributed by atoms with E-state index < -0.39 is 0 Å². The molecule has 0 radical (unpaired) electrons. The summed E-state index contributed by atoms with van der Waals surface area (Å²) in [6.45, 7) is 0.672. The molecular weight excluding hydrogens is 290 g/mol. The normalized spacial score (nSPS) is 10.8. The molecule has 0 aliphatic rings. The van der Waals surface area contributed by atoms with E-state index in [-0.39, 0.29) is 0 Å². The molecule has 2 nitrogen and oxygen atoms in total. The molecule has 0 aliphatic carbocycles. The number of benzene rings is 2. The highest BCUT2D eigenvalue weighted by Crippen LogP contribution is 2.14. The fourth-order valence-electron chi connectivity index (χ4n) is 1.56. The topological polar surface area (TPSA) is 21.6 Å². The number of aliphatic imine (C=N–C) groups is 1. The highest BCUT2D eigenvalue weighted by molar-refractivity contribution is 9.10. The van der Waals surface area contributed by atoms with Crippen molar-refractivity contribution in [2.75, 3.05) is 7.11 Å². The third-order valence-electron chi connectivity index (χ3n) is 2.57. The van der Waals surface area contributed by atoms with Gasteiger partial charge < -0.3 is 4.74 Å². The highest BCUT2D eigenvalue weighted by atomic mass is 79.9. The van der Waals surface area contributed by atoms with Crippen LogP contribution in [0.15, 0.2) is 58.0 Å². The molecule has 0 aromatic heterocycles. The van der Waals surface area contributed by atoms with Crippen LogP contribution in [0.2, 0.25) is 0 Å². The first-order chi connectivity index (χ1) is 8.79. The van der Waals surface area contributed by atoms with Crippen molar-refractivity contribution >= 4 is 22.1 Å². The van der Waals surface area contributed by atoms with Gasteiger partial charge in [0.1, 0.15) is 5.75 Å². The van der Waals surface area contributed by atoms with Crippen LogP contribution in [-0.4, -0.2) is 13.3 Å². The number of hydrogen-bond donors (Lipinski definition) is 0. The SMILES string of the molecule is COc1ccc(CN=Cc2ccccc2Br)cc1. The Morgan fingerprint density at radius 3 is 2.50 bits per heavy atom. The Kier molecular flexibility index (Phi) is 4.53. The number of rotatable bonds is 4. The van der Waals surface area contributed by atoms with E-state index in [1.165, 1.54) is 5.56 Å². The molecule has 0 amide bonds. The van der Waals surface area contributed by atoms with E-state index in [0.29, 0.717) is 6.54 Å². The molecule has 0 saturated carbocycles. The molecule has 0 bridgehead atoms. The lowest BCUT2D eigenvalue weighted by Gasteiger charge is -2.01. The van der Waals surface area contributed by atoms with Crippen molar-refractivity contribution in [2.24, 2.45) is 4.99 Å². The van der Waals surface area contributed by atoms with Gasteiger partial charge in [0.05, 0.1) is 13.7 Å². The lowest BCUT2D eigenvalue weighted by atomic mass is 10.2. The minimum Gasteiger partial charge on any atom is -0.497 e. The van der Waals surface area contributed by atoms with Gasteiger partial charge in [-0.25, -0.2) is 0 Å². The first-order valence-corrected chi connectivity index (χ1v) is 6.46. The van der Waals surface area contributed by atoms with Crippen LogP contribution in [0, 0.1) is 0 Å². The van der Waals surface area contributed by atoms with E-state index in [4.69, 9.17) is 4.74 Å². The molecule has 2 aromatic rings. The van der Waals surface area contributed by atoms with Crippen molar-refractivity contribution < 1.29 is 4.74 Å². The fourth-order valence-corrected chi connectivity index (χ4v) is 1.95. The van der Waals surface area contributed by atoms with E-state index in [2.05, 4.69) is 20.9 Å². The summed E-state index contributed by atoms with van der Waals surface area (Å²) in [5.41, 5.74) is 2.25. The van der Waals surface area contributed by atoms with Gasteiger partial charge in [0, 0.05) is 16.3 Å². The van der Waals surface area contributed by atoms with Gasteiger partial charge in [-0.1, -0.05) is 46.3 Å². The Morgan fingerprint density at radius 1 is 1.11 bits per heavy atom. The van der Waals surface area contributed by atoms with Crippen LogP contribution in [0.4, 0.5) is 0 Å². The maximum absolute atomic E-state index is 5.11. The van der Waals surface area contributed by atoms with Gasteiger partial charge >= 0.3 is 0 Å². The van der Waals surface area contributed by atoms with Crippen LogP contribution < -0.4 is 4.74 Å². The van der Waals surface area contributed by atoms with Crippen LogP contribution in [0.3, 0.4) is 0 Å². The molecule has 0 aliphatic heterocycles. The zero-order valence-corrected chi connectivity index (χ0v) is 11.7. The predicted molar refractivity (Wildman–Crippen MR) is 78.4 cm³/mol. The second kappa shape index (κ2) is 6.36. The summed E-state index contributed by atoms with van der Waals surface area (Å²) in [6.07, 6.45) is 1.88.